The van der Waals surface area contributed by atoms with Gasteiger partial charge in [-0.2, -0.15) is 0 Å². The van der Waals surface area contributed by atoms with E-state index in [9.17, 15) is 4.79 Å². The van der Waals surface area contributed by atoms with Gasteiger partial charge in [-0.3, -0.25) is 4.79 Å². The van der Waals surface area contributed by atoms with E-state index in [1.807, 2.05) is 4.90 Å². The fourth-order valence-corrected chi connectivity index (χ4v) is 3.21. The Morgan fingerprint density at radius 3 is 2.94 bits per heavy atom. The van der Waals surface area contributed by atoms with Gasteiger partial charge in [0.2, 0.25) is 5.91 Å². The molecule has 1 aromatic rings. The summed E-state index contributed by atoms with van der Waals surface area (Å²) in [7, 11) is 2.15. The smallest absolute Gasteiger partial charge is 0.222 e. The van der Waals surface area contributed by atoms with Gasteiger partial charge in [0.05, 0.1) is 0 Å². The number of nitrogens with zero attached hydrogens (tertiary/aromatic N) is 2. The van der Waals surface area contributed by atoms with Gasteiger partial charge in [-0.05, 0) is 24.5 Å². The van der Waals surface area contributed by atoms with E-state index in [1.54, 1.807) is 0 Å². The predicted octanol–water partition coefficient (Wildman–Crippen LogP) is 2.23. The van der Waals surface area contributed by atoms with Gasteiger partial charge in [-0.1, -0.05) is 18.2 Å². The van der Waals surface area contributed by atoms with Crippen LogP contribution < -0.4 is 4.90 Å². The van der Waals surface area contributed by atoms with Crippen molar-refractivity contribution in [3.05, 3.63) is 29.8 Å². The average molecular weight is 244 g/mol. The number of rotatable bonds is 3. The molecule has 96 valence electrons. The third kappa shape index (κ3) is 1.98. The molecule has 0 spiro atoms. The number of amides is 1. The molecule has 0 radical (unpaired) electrons. The lowest BCUT2D eigenvalue weighted by molar-refractivity contribution is -0.127. The Bertz CT molecular complexity index is 458. The number of fused-ring (bicyclic) bond motifs is 1. The molecule has 3 heteroatoms. The minimum atomic E-state index is 0.342. The summed E-state index contributed by atoms with van der Waals surface area (Å²) in [6.45, 7) is 2.97. The van der Waals surface area contributed by atoms with E-state index in [1.165, 1.54) is 11.3 Å². The first-order valence-electron chi connectivity index (χ1n) is 6.83. The molecule has 2 aliphatic heterocycles. The number of hydrogen-bond donors (Lipinski definition) is 0. The molecular formula is C15H20N2O. The molecule has 1 fully saturated rings. The first kappa shape index (κ1) is 11.6. The third-order valence-electron chi connectivity index (χ3n) is 4.20. The van der Waals surface area contributed by atoms with Gasteiger partial charge in [0, 0.05) is 44.7 Å². The zero-order valence-electron chi connectivity index (χ0n) is 10.9. The van der Waals surface area contributed by atoms with Crippen LogP contribution >= 0.6 is 0 Å². The van der Waals surface area contributed by atoms with Gasteiger partial charge in [0.15, 0.2) is 0 Å². The first-order valence-corrected chi connectivity index (χ1v) is 6.83. The van der Waals surface area contributed by atoms with Gasteiger partial charge < -0.3 is 9.80 Å². The van der Waals surface area contributed by atoms with E-state index in [2.05, 4.69) is 36.2 Å². The van der Waals surface area contributed by atoms with Gasteiger partial charge in [-0.25, -0.2) is 0 Å². The number of carbonyl (C=O) groups is 1. The summed E-state index contributed by atoms with van der Waals surface area (Å²) < 4.78 is 0. The van der Waals surface area contributed by atoms with Crippen LogP contribution in [-0.4, -0.2) is 37.5 Å². The second kappa shape index (κ2) is 4.63. The molecule has 3 rings (SSSR count). The predicted molar refractivity (Wildman–Crippen MR) is 72.9 cm³/mol. The van der Waals surface area contributed by atoms with Gasteiger partial charge in [0.25, 0.3) is 0 Å². The maximum absolute atomic E-state index is 11.6. The molecule has 2 heterocycles. The van der Waals surface area contributed by atoms with Crippen LogP contribution in [-0.2, 0) is 4.79 Å². The first-order chi connectivity index (χ1) is 8.75. The van der Waals surface area contributed by atoms with Crippen LogP contribution in [0.4, 0.5) is 5.69 Å². The normalized spacial score (nSPS) is 22.7. The molecule has 0 N–H and O–H groups in total. The maximum atomic E-state index is 11.6. The van der Waals surface area contributed by atoms with Crippen LogP contribution in [0.2, 0.25) is 0 Å². The van der Waals surface area contributed by atoms with E-state index in [0.717, 1.165) is 38.9 Å². The molecule has 0 aliphatic carbocycles. The summed E-state index contributed by atoms with van der Waals surface area (Å²) in [5.41, 5.74) is 2.81. The topological polar surface area (TPSA) is 23.6 Å². The van der Waals surface area contributed by atoms with Crippen molar-refractivity contribution in [1.82, 2.24) is 4.90 Å². The number of likely N-dealkylation sites (tertiary alicyclic amines) is 1. The SMILES string of the molecule is CN1CC(CCN2CCCC2=O)c2ccccc21. The minimum Gasteiger partial charge on any atom is -0.374 e. The lowest BCUT2D eigenvalue weighted by Crippen LogP contribution is -2.27. The van der Waals surface area contributed by atoms with Crippen molar-refractivity contribution in [3.63, 3.8) is 0 Å². The monoisotopic (exact) mass is 244 g/mol. The van der Waals surface area contributed by atoms with Crippen LogP contribution in [0.3, 0.4) is 0 Å². The number of hydrogen-bond acceptors (Lipinski definition) is 2. The highest BCUT2D eigenvalue weighted by Gasteiger charge is 2.27. The van der Waals surface area contributed by atoms with E-state index >= 15 is 0 Å². The lowest BCUT2D eigenvalue weighted by atomic mass is 9.98. The summed E-state index contributed by atoms with van der Waals surface area (Å²) in [5.74, 6) is 0.925. The Morgan fingerprint density at radius 2 is 2.17 bits per heavy atom. The summed E-state index contributed by atoms with van der Waals surface area (Å²) in [5, 5.41) is 0. The molecule has 1 unspecified atom stereocenters. The molecule has 0 saturated carbocycles. The van der Waals surface area contributed by atoms with Crippen molar-refractivity contribution in [2.24, 2.45) is 0 Å². The van der Waals surface area contributed by atoms with Crippen LogP contribution in [0.1, 0.15) is 30.7 Å². The average Bonchev–Trinajstić information content (AvgIpc) is 2.92. The molecule has 1 aromatic carbocycles. The molecule has 0 aromatic heterocycles. The Morgan fingerprint density at radius 1 is 1.33 bits per heavy atom. The van der Waals surface area contributed by atoms with Crippen molar-refractivity contribution in [2.75, 3.05) is 31.6 Å². The maximum Gasteiger partial charge on any atom is 0.222 e. The van der Waals surface area contributed by atoms with E-state index in [0.29, 0.717) is 11.8 Å². The van der Waals surface area contributed by atoms with E-state index in [-0.39, 0.29) is 0 Å². The molecule has 2 aliphatic rings. The number of anilines is 1. The van der Waals surface area contributed by atoms with Crippen LogP contribution in [0.15, 0.2) is 24.3 Å². The number of benzene rings is 1. The molecule has 1 atom stereocenters. The van der Waals surface area contributed by atoms with E-state index < -0.39 is 0 Å². The molecule has 1 amide bonds. The Kier molecular flexibility index (Phi) is 2.98. The van der Waals surface area contributed by atoms with Gasteiger partial charge >= 0.3 is 0 Å². The summed E-state index contributed by atoms with van der Waals surface area (Å²) in [6.07, 6.45) is 2.88. The molecule has 18 heavy (non-hydrogen) atoms. The fourth-order valence-electron chi connectivity index (χ4n) is 3.21. The molecule has 0 bridgehead atoms. The highest BCUT2D eigenvalue weighted by molar-refractivity contribution is 5.78. The summed E-state index contributed by atoms with van der Waals surface area (Å²) >= 11 is 0. The zero-order chi connectivity index (χ0) is 12.5. The highest BCUT2D eigenvalue weighted by Crippen LogP contribution is 2.36. The minimum absolute atomic E-state index is 0.342. The Labute approximate surface area is 108 Å². The van der Waals surface area contributed by atoms with Crippen LogP contribution in [0, 0.1) is 0 Å². The second-order valence-electron chi connectivity index (χ2n) is 5.41. The Hall–Kier alpha value is -1.51. The molecule has 1 saturated heterocycles. The second-order valence-corrected chi connectivity index (χ2v) is 5.41. The highest BCUT2D eigenvalue weighted by atomic mass is 16.2. The quantitative estimate of drug-likeness (QED) is 0.814. The Balaban J connectivity index is 1.66. The van der Waals surface area contributed by atoms with Crippen molar-refractivity contribution in [3.8, 4) is 0 Å². The number of para-hydroxylation sites is 1. The van der Waals surface area contributed by atoms with Crippen molar-refractivity contribution < 1.29 is 4.79 Å². The number of likely N-dealkylation sites (N-methyl/N-ethyl adjacent to an activating group) is 1. The zero-order valence-corrected chi connectivity index (χ0v) is 10.9. The fraction of sp³-hybridized carbons (Fsp3) is 0.533. The molecular weight excluding hydrogens is 224 g/mol. The van der Waals surface area contributed by atoms with Crippen molar-refractivity contribution in [1.29, 1.82) is 0 Å². The van der Waals surface area contributed by atoms with Gasteiger partial charge in [0.1, 0.15) is 0 Å². The summed E-state index contributed by atoms with van der Waals surface area (Å²) in [4.78, 5) is 16.0. The standard InChI is InChI=1S/C15H20N2O/c1-16-11-12(13-5-2-3-6-14(13)16)8-10-17-9-4-7-15(17)18/h2-3,5-6,12H,4,7-11H2,1H3. The summed E-state index contributed by atoms with van der Waals surface area (Å²) in [6, 6.07) is 8.64. The van der Waals surface area contributed by atoms with Gasteiger partial charge in [-0.15, -0.1) is 0 Å². The van der Waals surface area contributed by atoms with Crippen LogP contribution in [0.25, 0.3) is 0 Å². The number of carbonyl (C=O) groups excluding carboxylic acids is 1. The van der Waals surface area contributed by atoms with Crippen LogP contribution in [0.5, 0.6) is 0 Å². The third-order valence-corrected chi connectivity index (χ3v) is 4.20. The lowest BCUT2D eigenvalue weighted by Gasteiger charge is -2.18. The largest absolute Gasteiger partial charge is 0.374 e. The molecule has 3 nitrogen and oxygen atoms in total. The van der Waals surface area contributed by atoms with E-state index in [4.69, 9.17) is 0 Å². The van der Waals surface area contributed by atoms with Crippen molar-refractivity contribution in [2.45, 2.75) is 25.2 Å². The van der Waals surface area contributed by atoms with Crippen molar-refractivity contribution >= 4 is 11.6 Å².